The topological polar surface area (TPSA) is 54.5 Å². The summed E-state index contributed by atoms with van der Waals surface area (Å²) in [4.78, 5) is 15.3. The molecule has 118 valence electrons. The summed E-state index contributed by atoms with van der Waals surface area (Å²) in [6.07, 6.45) is 3.15. The zero-order valence-corrected chi connectivity index (χ0v) is 14.3. The molecule has 1 aliphatic carbocycles. The van der Waals surface area contributed by atoms with Crippen molar-refractivity contribution < 1.29 is 13.2 Å². The van der Waals surface area contributed by atoms with Gasteiger partial charge in [-0.2, -0.15) is 0 Å². The van der Waals surface area contributed by atoms with Crippen LogP contribution in [0.4, 0.5) is 0 Å². The van der Waals surface area contributed by atoms with Gasteiger partial charge in [-0.15, -0.1) is 11.3 Å². The quantitative estimate of drug-likeness (QED) is 0.843. The molecule has 0 unspecified atom stereocenters. The molecule has 1 atom stereocenters. The predicted molar refractivity (Wildman–Crippen MR) is 90.2 cm³/mol. The SMILES string of the molecule is C[C@H](CS(C)(=O)=O)N(C(=O)c1cc2ccccc2s1)C1CC1. The molecule has 22 heavy (non-hydrogen) atoms. The maximum absolute atomic E-state index is 12.9. The van der Waals surface area contributed by atoms with Gasteiger partial charge in [-0.05, 0) is 37.3 Å². The van der Waals surface area contributed by atoms with E-state index < -0.39 is 9.84 Å². The number of hydrogen-bond acceptors (Lipinski definition) is 4. The van der Waals surface area contributed by atoms with Crippen molar-refractivity contribution in [1.82, 2.24) is 4.90 Å². The van der Waals surface area contributed by atoms with E-state index in [1.807, 2.05) is 37.3 Å². The monoisotopic (exact) mass is 337 g/mol. The Kier molecular flexibility index (Phi) is 3.99. The minimum absolute atomic E-state index is 0.0140. The summed E-state index contributed by atoms with van der Waals surface area (Å²) in [5.41, 5.74) is 0. The first-order valence-corrected chi connectivity index (χ1v) is 10.2. The second kappa shape index (κ2) is 5.66. The zero-order valence-electron chi connectivity index (χ0n) is 12.7. The molecular formula is C16H19NO3S2. The maximum atomic E-state index is 12.9. The fraction of sp³-hybridized carbons (Fsp3) is 0.438. The normalized spacial score (nSPS) is 16.6. The number of carbonyl (C=O) groups excluding carboxylic acids is 1. The van der Waals surface area contributed by atoms with Gasteiger partial charge < -0.3 is 4.90 Å². The Morgan fingerprint density at radius 1 is 1.36 bits per heavy atom. The molecule has 1 aliphatic rings. The number of nitrogens with zero attached hydrogens (tertiary/aromatic N) is 1. The fourth-order valence-corrected chi connectivity index (χ4v) is 4.86. The third-order valence-corrected chi connectivity index (χ3v) is 6.02. The van der Waals surface area contributed by atoms with Crippen molar-refractivity contribution in [3.05, 3.63) is 35.2 Å². The smallest absolute Gasteiger partial charge is 0.264 e. The van der Waals surface area contributed by atoms with E-state index in [0.29, 0.717) is 4.88 Å². The van der Waals surface area contributed by atoms with Crippen LogP contribution in [0.25, 0.3) is 10.1 Å². The van der Waals surface area contributed by atoms with Gasteiger partial charge in [0.15, 0.2) is 0 Å². The molecule has 1 fully saturated rings. The zero-order chi connectivity index (χ0) is 15.9. The first kappa shape index (κ1) is 15.5. The molecule has 3 rings (SSSR count). The van der Waals surface area contributed by atoms with Crippen LogP contribution in [-0.4, -0.2) is 43.3 Å². The van der Waals surface area contributed by atoms with Gasteiger partial charge in [0.1, 0.15) is 9.84 Å². The van der Waals surface area contributed by atoms with Crippen LogP contribution in [0, 0.1) is 0 Å². The first-order chi connectivity index (χ1) is 10.3. The molecule has 0 N–H and O–H groups in total. The van der Waals surface area contributed by atoms with Crippen LogP contribution in [0.1, 0.15) is 29.4 Å². The lowest BCUT2D eigenvalue weighted by Crippen LogP contribution is -2.43. The molecule has 1 amide bonds. The average Bonchev–Trinajstić information content (AvgIpc) is 3.14. The van der Waals surface area contributed by atoms with Crippen LogP contribution >= 0.6 is 11.3 Å². The molecule has 1 saturated carbocycles. The number of hydrogen-bond donors (Lipinski definition) is 0. The van der Waals surface area contributed by atoms with E-state index in [1.165, 1.54) is 17.6 Å². The van der Waals surface area contributed by atoms with Crippen LogP contribution in [0.15, 0.2) is 30.3 Å². The Morgan fingerprint density at radius 3 is 2.64 bits per heavy atom. The minimum Gasteiger partial charge on any atom is -0.331 e. The Balaban J connectivity index is 1.89. The lowest BCUT2D eigenvalue weighted by molar-refractivity contribution is 0.0698. The molecule has 0 saturated heterocycles. The van der Waals surface area contributed by atoms with E-state index in [2.05, 4.69) is 0 Å². The Morgan fingerprint density at radius 2 is 2.05 bits per heavy atom. The van der Waals surface area contributed by atoms with Crippen molar-refractivity contribution >= 4 is 37.2 Å². The molecule has 0 radical (unpaired) electrons. The molecular weight excluding hydrogens is 318 g/mol. The van der Waals surface area contributed by atoms with E-state index in [1.54, 1.807) is 4.90 Å². The summed E-state index contributed by atoms with van der Waals surface area (Å²) in [6.45, 7) is 1.82. The van der Waals surface area contributed by atoms with E-state index >= 15 is 0 Å². The van der Waals surface area contributed by atoms with Crippen molar-refractivity contribution in [2.75, 3.05) is 12.0 Å². The highest BCUT2D eigenvalue weighted by molar-refractivity contribution is 7.90. The van der Waals surface area contributed by atoms with Crippen LogP contribution < -0.4 is 0 Å². The van der Waals surface area contributed by atoms with Crippen molar-refractivity contribution in [3.63, 3.8) is 0 Å². The second-order valence-corrected chi connectivity index (χ2v) is 9.30. The Hall–Kier alpha value is -1.40. The summed E-state index contributed by atoms with van der Waals surface area (Å²) in [6, 6.07) is 9.70. The molecule has 1 heterocycles. The lowest BCUT2D eigenvalue weighted by Gasteiger charge is -2.28. The van der Waals surface area contributed by atoms with E-state index in [0.717, 1.165) is 22.9 Å². The number of benzene rings is 1. The lowest BCUT2D eigenvalue weighted by atomic mass is 10.2. The van der Waals surface area contributed by atoms with Gasteiger partial charge in [-0.1, -0.05) is 18.2 Å². The van der Waals surface area contributed by atoms with Crippen molar-refractivity contribution in [1.29, 1.82) is 0 Å². The van der Waals surface area contributed by atoms with Gasteiger partial charge in [0, 0.05) is 23.0 Å². The number of carbonyl (C=O) groups is 1. The molecule has 2 aromatic rings. The summed E-state index contributed by atoms with van der Waals surface area (Å²) in [5, 5.41) is 1.06. The van der Waals surface area contributed by atoms with Gasteiger partial charge >= 0.3 is 0 Å². The summed E-state index contributed by atoms with van der Waals surface area (Å²) < 4.78 is 24.2. The van der Waals surface area contributed by atoms with Crippen molar-refractivity contribution in [2.45, 2.75) is 31.8 Å². The minimum atomic E-state index is -3.10. The predicted octanol–water partition coefficient (Wildman–Crippen LogP) is 2.94. The highest BCUT2D eigenvalue weighted by Gasteiger charge is 2.37. The second-order valence-electron chi connectivity index (χ2n) is 6.03. The highest BCUT2D eigenvalue weighted by atomic mass is 32.2. The van der Waals surface area contributed by atoms with Crippen LogP contribution in [0.5, 0.6) is 0 Å². The molecule has 0 bridgehead atoms. The van der Waals surface area contributed by atoms with Crippen molar-refractivity contribution in [3.8, 4) is 0 Å². The van der Waals surface area contributed by atoms with Gasteiger partial charge in [0.25, 0.3) is 5.91 Å². The number of amides is 1. The average molecular weight is 337 g/mol. The molecule has 0 spiro atoms. The summed E-state index contributed by atoms with van der Waals surface area (Å²) in [5.74, 6) is -0.0278. The first-order valence-electron chi connectivity index (χ1n) is 7.34. The number of thiophene rings is 1. The van der Waals surface area contributed by atoms with Crippen LogP contribution in [0.3, 0.4) is 0 Å². The van der Waals surface area contributed by atoms with Gasteiger partial charge in [0.2, 0.25) is 0 Å². The largest absolute Gasteiger partial charge is 0.331 e. The van der Waals surface area contributed by atoms with Gasteiger partial charge in [-0.3, -0.25) is 4.79 Å². The standard InChI is InChI=1S/C16H19NO3S2/c1-11(10-22(2,19)20)17(13-7-8-13)16(18)15-9-12-5-3-4-6-14(12)21-15/h3-6,9,11,13H,7-8,10H2,1-2H3/t11-/m1/s1. The fourth-order valence-electron chi connectivity index (χ4n) is 2.81. The summed E-state index contributed by atoms with van der Waals surface area (Å²) in [7, 11) is -3.10. The molecule has 0 aliphatic heterocycles. The highest BCUT2D eigenvalue weighted by Crippen LogP contribution is 2.33. The van der Waals surface area contributed by atoms with E-state index in [-0.39, 0.29) is 23.7 Å². The Labute approximate surface area is 134 Å². The molecule has 4 nitrogen and oxygen atoms in total. The van der Waals surface area contributed by atoms with Gasteiger partial charge in [-0.25, -0.2) is 8.42 Å². The van der Waals surface area contributed by atoms with Crippen LogP contribution in [-0.2, 0) is 9.84 Å². The van der Waals surface area contributed by atoms with Crippen LogP contribution in [0.2, 0.25) is 0 Å². The third kappa shape index (κ3) is 3.33. The van der Waals surface area contributed by atoms with E-state index in [9.17, 15) is 13.2 Å². The number of fused-ring (bicyclic) bond motifs is 1. The summed E-state index contributed by atoms with van der Waals surface area (Å²) >= 11 is 1.47. The van der Waals surface area contributed by atoms with E-state index in [4.69, 9.17) is 0 Å². The molecule has 1 aromatic heterocycles. The van der Waals surface area contributed by atoms with Gasteiger partial charge in [0.05, 0.1) is 10.6 Å². The maximum Gasteiger partial charge on any atom is 0.264 e. The Bertz CT molecular complexity index is 773. The number of rotatable bonds is 5. The third-order valence-electron chi connectivity index (χ3n) is 3.83. The van der Waals surface area contributed by atoms with Crippen molar-refractivity contribution in [2.24, 2.45) is 0 Å². The number of sulfone groups is 1. The molecule has 1 aromatic carbocycles. The molecule has 6 heteroatoms.